The zero-order valence-electron chi connectivity index (χ0n) is 21.2. The van der Waals surface area contributed by atoms with Gasteiger partial charge >= 0.3 is 5.97 Å². The largest absolute Gasteiger partial charge is 0.481 e. The molecule has 0 aromatic carbocycles. The predicted octanol–water partition coefficient (Wildman–Crippen LogP) is 4.14. The van der Waals surface area contributed by atoms with Gasteiger partial charge in [-0.3, -0.25) is 9.69 Å². The van der Waals surface area contributed by atoms with Crippen LogP contribution in [0.5, 0.6) is 0 Å². The number of nitrogens with zero attached hydrogens (tertiary/aromatic N) is 1. The first-order chi connectivity index (χ1) is 16.2. The van der Waals surface area contributed by atoms with E-state index in [9.17, 15) is 14.7 Å². The summed E-state index contributed by atoms with van der Waals surface area (Å²) >= 11 is 0. The van der Waals surface area contributed by atoms with Crippen LogP contribution in [-0.2, 0) is 19.1 Å². The quantitative estimate of drug-likeness (QED) is 0.444. The Hall–Kier alpha value is -1.24. The highest BCUT2D eigenvalue weighted by atomic mass is 16.7. The molecular formula is C28H41NO5. The van der Waals surface area contributed by atoms with Gasteiger partial charge in [-0.15, -0.1) is 0 Å². The molecule has 0 radical (unpaired) electrons. The molecule has 188 valence electrons. The van der Waals surface area contributed by atoms with Crippen LogP contribution in [0.15, 0.2) is 11.6 Å². The molecule has 0 spiro atoms. The Morgan fingerprint density at radius 2 is 2.00 bits per heavy atom. The van der Waals surface area contributed by atoms with Gasteiger partial charge < -0.3 is 19.4 Å². The van der Waals surface area contributed by atoms with Crippen molar-refractivity contribution in [3.8, 4) is 0 Å². The minimum Gasteiger partial charge on any atom is -0.481 e. The first kappa shape index (κ1) is 23.2. The Labute approximate surface area is 203 Å². The first-order valence-electron chi connectivity index (χ1n) is 13.6. The number of hydrogen-bond donors (Lipinski definition) is 1. The molecule has 1 heterocycles. The average Bonchev–Trinajstić information content (AvgIpc) is 3.50. The van der Waals surface area contributed by atoms with Crippen LogP contribution in [0.4, 0.5) is 0 Å². The number of allylic oxidation sites excluding steroid dienone is 1. The Morgan fingerprint density at radius 3 is 2.65 bits per heavy atom. The highest BCUT2D eigenvalue weighted by Crippen LogP contribution is 2.82. The molecule has 0 amide bonds. The molecule has 34 heavy (non-hydrogen) atoms. The molecule has 6 rings (SSSR count). The van der Waals surface area contributed by atoms with Gasteiger partial charge in [0.2, 0.25) is 0 Å². The van der Waals surface area contributed by atoms with E-state index in [2.05, 4.69) is 38.7 Å². The predicted molar refractivity (Wildman–Crippen MR) is 127 cm³/mol. The third-order valence-electron chi connectivity index (χ3n) is 11.0. The third kappa shape index (κ3) is 2.74. The van der Waals surface area contributed by atoms with Crippen molar-refractivity contribution < 1.29 is 24.2 Å². The molecule has 1 N–H and O–H groups in total. The number of carbonyl (C=O) groups is 2. The van der Waals surface area contributed by atoms with E-state index in [1.165, 1.54) is 12.8 Å². The van der Waals surface area contributed by atoms with Gasteiger partial charge in [-0.2, -0.15) is 0 Å². The SMILES string of the molecule is CC(C)C1=C[C@H]2C[C@@]3(C=O)[C@@H]4CC[C@@H](C)[C@@H]4C[C@@]2(CO[C@H]2CN(C4CC4)C[C@@H](C)O2)[C@]13C(=O)O. The molecule has 9 atom stereocenters. The van der Waals surface area contributed by atoms with E-state index in [-0.39, 0.29) is 30.1 Å². The zero-order valence-corrected chi connectivity index (χ0v) is 21.2. The molecule has 0 aromatic heterocycles. The number of fused-ring (bicyclic) bond motifs is 2. The second-order valence-electron chi connectivity index (χ2n) is 12.9. The molecule has 0 unspecified atom stereocenters. The van der Waals surface area contributed by atoms with Gasteiger partial charge in [-0.05, 0) is 68.6 Å². The van der Waals surface area contributed by atoms with Crippen LogP contribution in [0, 0.1) is 45.8 Å². The second kappa shape index (κ2) is 7.63. The number of hydrogen-bond acceptors (Lipinski definition) is 5. The van der Waals surface area contributed by atoms with Crippen LogP contribution in [0.3, 0.4) is 0 Å². The summed E-state index contributed by atoms with van der Waals surface area (Å²) in [5.74, 6) is 0.425. The molecule has 4 bridgehead atoms. The molecule has 1 aliphatic heterocycles. The number of rotatable bonds is 7. The number of ether oxygens (including phenoxy) is 2. The van der Waals surface area contributed by atoms with Crippen molar-refractivity contribution in [2.45, 2.75) is 84.7 Å². The first-order valence-corrected chi connectivity index (χ1v) is 13.6. The summed E-state index contributed by atoms with van der Waals surface area (Å²) in [4.78, 5) is 29.1. The number of carboxylic acids is 1. The van der Waals surface area contributed by atoms with Crippen molar-refractivity contribution in [2.24, 2.45) is 45.8 Å². The minimum atomic E-state index is -1.16. The summed E-state index contributed by atoms with van der Waals surface area (Å²) in [5.41, 5.74) is -1.59. The Bertz CT molecular complexity index is 912. The zero-order chi connectivity index (χ0) is 24.0. The number of aliphatic carboxylic acids is 1. The standard InChI is InChI=1S/C28H41NO5/c1-16(2)23-9-19-10-26(14-30)22-8-5-17(3)21(22)11-27(19,28(23,26)25(31)32)15-33-24-13-29(20-6-7-20)12-18(4)34-24/h9,14,16-22,24H,5-8,10-13,15H2,1-4H3,(H,31,32)/t17-,18-,19+,21+,22-,24-,26-,27+,28+/m1/s1. The van der Waals surface area contributed by atoms with Crippen molar-refractivity contribution in [1.29, 1.82) is 0 Å². The van der Waals surface area contributed by atoms with E-state index in [0.29, 0.717) is 30.9 Å². The van der Waals surface area contributed by atoms with Crippen LogP contribution in [0.25, 0.3) is 0 Å². The van der Waals surface area contributed by atoms with Gasteiger partial charge in [-0.1, -0.05) is 38.8 Å². The molecule has 5 fully saturated rings. The van der Waals surface area contributed by atoms with Gasteiger partial charge in [0, 0.05) is 24.5 Å². The van der Waals surface area contributed by atoms with Crippen molar-refractivity contribution >= 4 is 12.3 Å². The van der Waals surface area contributed by atoms with Gasteiger partial charge in [0.15, 0.2) is 6.29 Å². The van der Waals surface area contributed by atoms with Crippen LogP contribution in [0.1, 0.15) is 66.2 Å². The lowest BCUT2D eigenvalue weighted by molar-refractivity contribution is -0.237. The van der Waals surface area contributed by atoms with E-state index in [0.717, 1.165) is 44.2 Å². The molecule has 1 saturated heterocycles. The highest BCUT2D eigenvalue weighted by molar-refractivity contribution is 5.90. The van der Waals surface area contributed by atoms with E-state index >= 15 is 0 Å². The topological polar surface area (TPSA) is 76.1 Å². The van der Waals surface area contributed by atoms with Crippen molar-refractivity contribution in [3.63, 3.8) is 0 Å². The van der Waals surface area contributed by atoms with Gasteiger partial charge in [0.05, 0.1) is 18.1 Å². The molecular weight excluding hydrogens is 430 g/mol. The lowest BCUT2D eigenvalue weighted by Gasteiger charge is -2.58. The van der Waals surface area contributed by atoms with E-state index in [1.807, 2.05) is 0 Å². The summed E-state index contributed by atoms with van der Waals surface area (Å²) in [6.07, 6.45) is 9.15. The maximum absolute atomic E-state index is 13.5. The van der Waals surface area contributed by atoms with Crippen LogP contribution < -0.4 is 0 Å². The number of aldehydes is 1. The summed E-state index contributed by atoms with van der Waals surface area (Å²) < 4.78 is 12.8. The summed E-state index contributed by atoms with van der Waals surface area (Å²) in [6, 6.07) is 0.648. The normalized spacial score (nSPS) is 49.9. The van der Waals surface area contributed by atoms with Crippen LogP contribution in [-0.4, -0.2) is 60.4 Å². The van der Waals surface area contributed by atoms with Gasteiger partial charge in [0.1, 0.15) is 11.7 Å². The molecule has 6 nitrogen and oxygen atoms in total. The maximum atomic E-state index is 13.5. The van der Waals surface area contributed by atoms with E-state index in [4.69, 9.17) is 9.47 Å². The fraction of sp³-hybridized carbons (Fsp3) is 0.857. The highest BCUT2D eigenvalue weighted by Gasteiger charge is 2.84. The molecule has 5 aliphatic carbocycles. The lowest BCUT2D eigenvalue weighted by Crippen LogP contribution is -2.64. The molecule has 4 saturated carbocycles. The van der Waals surface area contributed by atoms with Gasteiger partial charge in [0.25, 0.3) is 0 Å². The monoisotopic (exact) mass is 471 g/mol. The van der Waals surface area contributed by atoms with Gasteiger partial charge in [-0.25, -0.2) is 0 Å². The number of carbonyl (C=O) groups excluding carboxylic acids is 1. The average molecular weight is 472 g/mol. The van der Waals surface area contributed by atoms with Crippen LogP contribution >= 0.6 is 0 Å². The van der Waals surface area contributed by atoms with E-state index in [1.54, 1.807) is 0 Å². The van der Waals surface area contributed by atoms with Crippen molar-refractivity contribution in [1.82, 2.24) is 4.90 Å². The molecule has 6 heteroatoms. The van der Waals surface area contributed by atoms with E-state index < -0.39 is 22.2 Å². The fourth-order valence-corrected chi connectivity index (χ4v) is 9.65. The minimum absolute atomic E-state index is 0.0737. The number of carboxylic acid groups (broad SMARTS) is 1. The smallest absolute Gasteiger partial charge is 0.315 e. The molecule has 6 aliphatic rings. The summed E-state index contributed by atoms with van der Waals surface area (Å²) in [6.45, 7) is 10.6. The third-order valence-corrected chi connectivity index (χ3v) is 11.0. The Balaban J connectivity index is 1.40. The maximum Gasteiger partial charge on any atom is 0.315 e. The van der Waals surface area contributed by atoms with Crippen molar-refractivity contribution in [2.75, 3.05) is 19.7 Å². The Morgan fingerprint density at radius 1 is 1.24 bits per heavy atom. The summed E-state index contributed by atoms with van der Waals surface area (Å²) in [7, 11) is 0. The summed E-state index contributed by atoms with van der Waals surface area (Å²) in [5, 5.41) is 11.1. The van der Waals surface area contributed by atoms with Crippen LogP contribution in [0.2, 0.25) is 0 Å². The van der Waals surface area contributed by atoms with Crippen molar-refractivity contribution in [3.05, 3.63) is 11.6 Å². The lowest BCUT2D eigenvalue weighted by atomic mass is 9.43. The fourth-order valence-electron chi connectivity index (χ4n) is 9.65. The molecule has 0 aromatic rings. The second-order valence-corrected chi connectivity index (χ2v) is 12.9. The number of morpholine rings is 1. The Kier molecular flexibility index (Phi) is 5.20.